The van der Waals surface area contributed by atoms with Gasteiger partial charge in [-0.3, -0.25) is 4.79 Å². The van der Waals surface area contributed by atoms with Crippen LogP contribution in [-0.2, 0) is 17.6 Å². The first kappa shape index (κ1) is 16.0. The van der Waals surface area contributed by atoms with Crippen LogP contribution in [0.25, 0.3) is 0 Å². The second kappa shape index (κ2) is 7.59. The number of aryl methyl sites for hydroxylation is 1. The molecule has 2 rings (SSSR count). The van der Waals surface area contributed by atoms with Crippen molar-refractivity contribution in [2.75, 3.05) is 13.7 Å². The molecular formula is C18H20FNO2. The zero-order chi connectivity index (χ0) is 15.9. The van der Waals surface area contributed by atoms with Crippen LogP contribution in [0.5, 0.6) is 5.75 Å². The second-order valence-electron chi connectivity index (χ2n) is 5.22. The number of hydrogen-bond donors (Lipinski definition) is 1. The Kier molecular flexibility index (Phi) is 5.53. The van der Waals surface area contributed by atoms with Gasteiger partial charge in [0, 0.05) is 6.54 Å². The number of methoxy groups -OCH3 is 1. The van der Waals surface area contributed by atoms with Crippen molar-refractivity contribution in [2.24, 2.45) is 0 Å². The van der Waals surface area contributed by atoms with Gasteiger partial charge in [-0.25, -0.2) is 4.39 Å². The van der Waals surface area contributed by atoms with Gasteiger partial charge in [0.05, 0.1) is 13.5 Å². The topological polar surface area (TPSA) is 38.3 Å². The van der Waals surface area contributed by atoms with Gasteiger partial charge in [0.15, 0.2) is 0 Å². The van der Waals surface area contributed by atoms with Crippen molar-refractivity contribution in [3.63, 3.8) is 0 Å². The summed E-state index contributed by atoms with van der Waals surface area (Å²) in [6.45, 7) is 2.57. The van der Waals surface area contributed by atoms with E-state index in [0.29, 0.717) is 13.0 Å². The number of ether oxygens (including phenoxy) is 1. The van der Waals surface area contributed by atoms with Crippen molar-refractivity contribution in [2.45, 2.75) is 19.8 Å². The van der Waals surface area contributed by atoms with Crippen LogP contribution in [-0.4, -0.2) is 19.6 Å². The molecule has 0 saturated carbocycles. The molecule has 0 unspecified atom stereocenters. The Labute approximate surface area is 130 Å². The van der Waals surface area contributed by atoms with Crippen molar-refractivity contribution in [1.82, 2.24) is 5.32 Å². The molecule has 0 aliphatic rings. The van der Waals surface area contributed by atoms with Crippen LogP contribution in [0.1, 0.15) is 16.7 Å². The molecule has 0 spiro atoms. The first-order chi connectivity index (χ1) is 10.6. The Bertz CT molecular complexity index is 638. The van der Waals surface area contributed by atoms with Gasteiger partial charge in [0.2, 0.25) is 5.91 Å². The van der Waals surface area contributed by atoms with Gasteiger partial charge in [-0.2, -0.15) is 0 Å². The molecule has 0 aliphatic carbocycles. The van der Waals surface area contributed by atoms with Crippen molar-refractivity contribution in [1.29, 1.82) is 0 Å². The van der Waals surface area contributed by atoms with E-state index in [0.717, 1.165) is 22.4 Å². The number of carbonyl (C=O) groups excluding carboxylic acids is 1. The lowest BCUT2D eigenvalue weighted by atomic mass is 10.1. The molecule has 2 aromatic carbocycles. The molecule has 0 fully saturated rings. The van der Waals surface area contributed by atoms with Crippen LogP contribution >= 0.6 is 0 Å². The van der Waals surface area contributed by atoms with E-state index in [9.17, 15) is 9.18 Å². The quantitative estimate of drug-likeness (QED) is 0.890. The zero-order valence-corrected chi connectivity index (χ0v) is 12.9. The summed E-state index contributed by atoms with van der Waals surface area (Å²) < 4.78 is 18.1. The molecule has 4 heteroatoms. The zero-order valence-electron chi connectivity index (χ0n) is 12.9. The summed E-state index contributed by atoms with van der Waals surface area (Å²) in [6, 6.07) is 12.0. The maximum Gasteiger partial charge on any atom is 0.224 e. The van der Waals surface area contributed by atoms with E-state index in [2.05, 4.69) is 11.4 Å². The Balaban J connectivity index is 1.84. The number of rotatable bonds is 6. The van der Waals surface area contributed by atoms with E-state index in [1.165, 1.54) is 12.1 Å². The second-order valence-corrected chi connectivity index (χ2v) is 5.22. The molecule has 0 saturated heterocycles. The molecule has 22 heavy (non-hydrogen) atoms. The normalized spacial score (nSPS) is 10.3. The van der Waals surface area contributed by atoms with Crippen LogP contribution in [0, 0.1) is 12.7 Å². The average molecular weight is 301 g/mol. The molecule has 1 amide bonds. The van der Waals surface area contributed by atoms with Gasteiger partial charge in [-0.15, -0.1) is 0 Å². The minimum absolute atomic E-state index is 0.0711. The Hall–Kier alpha value is -2.36. The molecule has 2 aromatic rings. The van der Waals surface area contributed by atoms with E-state index in [1.807, 2.05) is 19.1 Å². The first-order valence-corrected chi connectivity index (χ1v) is 7.23. The molecule has 116 valence electrons. The summed E-state index contributed by atoms with van der Waals surface area (Å²) in [5.41, 5.74) is 3.03. The molecule has 0 aromatic heterocycles. The molecule has 0 atom stereocenters. The minimum atomic E-state index is -0.296. The summed E-state index contributed by atoms with van der Waals surface area (Å²) in [7, 11) is 1.64. The van der Waals surface area contributed by atoms with Crippen molar-refractivity contribution >= 4 is 5.91 Å². The Morgan fingerprint density at radius 3 is 2.59 bits per heavy atom. The molecule has 0 aliphatic heterocycles. The molecule has 3 nitrogen and oxygen atoms in total. The van der Waals surface area contributed by atoms with Gasteiger partial charge in [-0.05, 0) is 42.7 Å². The van der Waals surface area contributed by atoms with Crippen molar-refractivity contribution in [3.05, 3.63) is 65.0 Å². The largest absolute Gasteiger partial charge is 0.496 e. The lowest BCUT2D eigenvalue weighted by molar-refractivity contribution is -0.120. The smallest absolute Gasteiger partial charge is 0.224 e. The van der Waals surface area contributed by atoms with Gasteiger partial charge < -0.3 is 10.1 Å². The summed E-state index contributed by atoms with van der Waals surface area (Å²) in [5, 5.41) is 2.88. The van der Waals surface area contributed by atoms with Crippen LogP contribution in [0.4, 0.5) is 4.39 Å². The monoisotopic (exact) mass is 301 g/mol. The lowest BCUT2D eigenvalue weighted by Crippen LogP contribution is -2.27. The summed E-state index contributed by atoms with van der Waals surface area (Å²) in [4.78, 5) is 11.9. The van der Waals surface area contributed by atoms with Gasteiger partial charge in [0.25, 0.3) is 0 Å². The highest BCUT2D eigenvalue weighted by Crippen LogP contribution is 2.19. The van der Waals surface area contributed by atoms with E-state index >= 15 is 0 Å². The highest BCUT2D eigenvalue weighted by Gasteiger charge is 2.06. The van der Waals surface area contributed by atoms with E-state index in [4.69, 9.17) is 4.74 Å². The van der Waals surface area contributed by atoms with Crippen LogP contribution < -0.4 is 10.1 Å². The van der Waals surface area contributed by atoms with E-state index in [1.54, 1.807) is 19.2 Å². The number of carbonyl (C=O) groups is 1. The minimum Gasteiger partial charge on any atom is -0.496 e. The third kappa shape index (κ3) is 4.58. The summed E-state index contributed by atoms with van der Waals surface area (Å²) in [6.07, 6.45) is 0.964. The molecule has 1 N–H and O–H groups in total. The summed E-state index contributed by atoms with van der Waals surface area (Å²) in [5.74, 6) is 0.465. The predicted octanol–water partition coefficient (Wildman–Crippen LogP) is 3.04. The van der Waals surface area contributed by atoms with Gasteiger partial charge in [0.1, 0.15) is 11.6 Å². The third-order valence-corrected chi connectivity index (χ3v) is 3.43. The highest BCUT2D eigenvalue weighted by molar-refractivity contribution is 5.78. The number of benzene rings is 2. The van der Waals surface area contributed by atoms with Crippen LogP contribution in [0.15, 0.2) is 42.5 Å². The fraction of sp³-hybridized carbons (Fsp3) is 0.278. The van der Waals surface area contributed by atoms with Crippen LogP contribution in [0.3, 0.4) is 0 Å². The third-order valence-electron chi connectivity index (χ3n) is 3.43. The van der Waals surface area contributed by atoms with Crippen LogP contribution in [0.2, 0.25) is 0 Å². The number of hydrogen-bond acceptors (Lipinski definition) is 2. The lowest BCUT2D eigenvalue weighted by Gasteiger charge is -2.10. The molecular weight excluding hydrogens is 281 g/mol. The molecule has 0 bridgehead atoms. The fourth-order valence-corrected chi connectivity index (χ4v) is 2.29. The highest BCUT2D eigenvalue weighted by atomic mass is 19.1. The molecule has 0 heterocycles. The predicted molar refractivity (Wildman–Crippen MR) is 84.5 cm³/mol. The number of amides is 1. The van der Waals surface area contributed by atoms with Gasteiger partial charge in [-0.1, -0.05) is 29.8 Å². The maximum atomic E-state index is 12.8. The van der Waals surface area contributed by atoms with Crippen molar-refractivity contribution < 1.29 is 13.9 Å². The average Bonchev–Trinajstić information content (AvgIpc) is 2.50. The molecule has 0 radical (unpaired) electrons. The van der Waals surface area contributed by atoms with Crippen molar-refractivity contribution in [3.8, 4) is 5.75 Å². The SMILES string of the molecule is COc1ccc(C)cc1CCNC(=O)Cc1ccc(F)cc1. The number of nitrogens with one attached hydrogen (secondary N) is 1. The summed E-state index contributed by atoms with van der Waals surface area (Å²) >= 11 is 0. The maximum absolute atomic E-state index is 12.8. The Morgan fingerprint density at radius 2 is 1.91 bits per heavy atom. The number of halogens is 1. The Morgan fingerprint density at radius 1 is 1.18 bits per heavy atom. The fourth-order valence-electron chi connectivity index (χ4n) is 2.29. The van der Waals surface area contributed by atoms with Gasteiger partial charge >= 0.3 is 0 Å². The standard InChI is InChI=1S/C18H20FNO2/c1-13-3-8-17(22-2)15(11-13)9-10-20-18(21)12-14-4-6-16(19)7-5-14/h3-8,11H,9-10,12H2,1-2H3,(H,20,21). The van der Waals surface area contributed by atoms with E-state index in [-0.39, 0.29) is 18.1 Å². The van der Waals surface area contributed by atoms with E-state index < -0.39 is 0 Å². The first-order valence-electron chi connectivity index (χ1n) is 7.23.